The number of phenolic OH excluding ortho intramolecular Hbond substituents is 2. The number of anilines is 1. The number of nitro groups is 1. The highest BCUT2D eigenvalue weighted by Gasteiger charge is 2.31. The highest BCUT2D eigenvalue weighted by Crippen LogP contribution is 2.51. The standard InChI is InChI=1S/C14H18N2O6/c1-4-7-22-14-10(15-9(17)6-3)8(5-2)11(16(20)21)12(18)13(14)19/h6,18-19H,3-5,7H2,1-2H3,(H,15,17). The molecule has 1 aromatic rings. The number of rotatable bonds is 7. The topological polar surface area (TPSA) is 122 Å². The van der Waals surface area contributed by atoms with Gasteiger partial charge in [-0.2, -0.15) is 0 Å². The Labute approximate surface area is 127 Å². The summed E-state index contributed by atoms with van der Waals surface area (Å²) >= 11 is 0. The monoisotopic (exact) mass is 310 g/mol. The lowest BCUT2D eigenvalue weighted by atomic mass is 10.0. The lowest BCUT2D eigenvalue weighted by molar-refractivity contribution is -0.386. The first-order valence-electron chi connectivity index (χ1n) is 6.70. The van der Waals surface area contributed by atoms with Gasteiger partial charge in [0.15, 0.2) is 5.75 Å². The molecule has 0 fully saturated rings. The smallest absolute Gasteiger partial charge is 0.320 e. The SMILES string of the molecule is C=CC(=O)Nc1c(CC)c([N+](=O)[O-])c(O)c(O)c1OCCC. The Morgan fingerprint density at radius 3 is 2.50 bits per heavy atom. The van der Waals surface area contributed by atoms with Crippen LogP contribution in [0.2, 0.25) is 0 Å². The van der Waals surface area contributed by atoms with Gasteiger partial charge >= 0.3 is 5.69 Å². The number of aromatic hydroxyl groups is 2. The van der Waals surface area contributed by atoms with Gasteiger partial charge in [0.1, 0.15) is 0 Å². The molecular weight excluding hydrogens is 292 g/mol. The van der Waals surface area contributed by atoms with Gasteiger partial charge in [0.05, 0.1) is 22.8 Å². The summed E-state index contributed by atoms with van der Waals surface area (Å²) in [5, 5.41) is 33.4. The van der Waals surface area contributed by atoms with Gasteiger partial charge in [-0.25, -0.2) is 0 Å². The zero-order chi connectivity index (χ0) is 16.9. The normalized spacial score (nSPS) is 10.1. The van der Waals surface area contributed by atoms with Crippen LogP contribution < -0.4 is 10.1 Å². The van der Waals surface area contributed by atoms with Crippen LogP contribution >= 0.6 is 0 Å². The van der Waals surface area contributed by atoms with Crippen molar-refractivity contribution in [3.8, 4) is 17.2 Å². The molecule has 1 aromatic carbocycles. The van der Waals surface area contributed by atoms with E-state index in [-0.39, 0.29) is 30.0 Å². The molecule has 8 nitrogen and oxygen atoms in total. The Hall–Kier alpha value is -2.77. The number of nitrogens with zero attached hydrogens (tertiary/aromatic N) is 1. The molecule has 120 valence electrons. The predicted octanol–water partition coefficient (Wildman–Crippen LogP) is 2.48. The first-order valence-corrected chi connectivity index (χ1v) is 6.70. The van der Waals surface area contributed by atoms with Crippen molar-refractivity contribution in [3.63, 3.8) is 0 Å². The van der Waals surface area contributed by atoms with Crippen LogP contribution in [-0.2, 0) is 11.2 Å². The maximum absolute atomic E-state index is 11.6. The van der Waals surface area contributed by atoms with Crippen LogP contribution in [0.5, 0.6) is 17.2 Å². The maximum Gasteiger partial charge on any atom is 0.320 e. The Morgan fingerprint density at radius 2 is 2.05 bits per heavy atom. The van der Waals surface area contributed by atoms with Crippen LogP contribution in [0.1, 0.15) is 25.8 Å². The van der Waals surface area contributed by atoms with Crippen molar-refractivity contribution < 1.29 is 24.7 Å². The molecule has 0 saturated heterocycles. The van der Waals surface area contributed by atoms with Crippen molar-refractivity contribution in [2.24, 2.45) is 0 Å². The Morgan fingerprint density at radius 1 is 1.41 bits per heavy atom. The van der Waals surface area contributed by atoms with Gasteiger partial charge in [-0.3, -0.25) is 14.9 Å². The lowest BCUT2D eigenvalue weighted by Crippen LogP contribution is -2.13. The average Bonchev–Trinajstić information content (AvgIpc) is 2.49. The highest BCUT2D eigenvalue weighted by molar-refractivity contribution is 6.02. The molecule has 0 aromatic heterocycles. The zero-order valence-electron chi connectivity index (χ0n) is 12.4. The van der Waals surface area contributed by atoms with Crippen LogP contribution in [-0.4, -0.2) is 27.7 Å². The van der Waals surface area contributed by atoms with E-state index in [0.717, 1.165) is 6.08 Å². The number of carbonyl (C=O) groups excluding carboxylic acids is 1. The molecule has 0 unspecified atom stereocenters. The average molecular weight is 310 g/mol. The molecule has 0 aliphatic heterocycles. The molecule has 0 heterocycles. The summed E-state index contributed by atoms with van der Waals surface area (Å²) < 4.78 is 5.34. The number of hydrogen-bond donors (Lipinski definition) is 3. The fourth-order valence-corrected chi connectivity index (χ4v) is 1.93. The summed E-state index contributed by atoms with van der Waals surface area (Å²) in [5.41, 5.74) is -0.646. The largest absolute Gasteiger partial charge is 0.501 e. The molecule has 0 radical (unpaired) electrons. The summed E-state index contributed by atoms with van der Waals surface area (Å²) in [6, 6.07) is 0. The van der Waals surface area contributed by atoms with Gasteiger partial charge in [0, 0.05) is 0 Å². The second-order valence-electron chi connectivity index (χ2n) is 4.38. The second kappa shape index (κ2) is 7.30. The third-order valence-electron chi connectivity index (χ3n) is 2.90. The third kappa shape index (κ3) is 3.27. The fourth-order valence-electron chi connectivity index (χ4n) is 1.93. The number of ether oxygens (including phenoxy) is 1. The van der Waals surface area contributed by atoms with E-state index < -0.39 is 28.0 Å². The summed E-state index contributed by atoms with van der Waals surface area (Å²) in [4.78, 5) is 21.9. The fraction of sp³-hybridized carbons (Fsp3) is 0.357. The molecule has 0 aliphatic rings. The number of phenols is 2. The molecule has 0 spiro atoms. The Bertz CT molecular complexity index is 612. The highest BCUT2D eigenvalue weighted by atomic mass is 16.6. The summed E-state index contributed by atoms with van der Waals surface area (Å²) in [6.45, 7) is 6.94. The minimum Gasteiger partial charge on any atom is -0.501 e. The molecule has 0 bridgehead atoms. The van der Waals surface area contributed by atoms with E-state index in [2.05, 4.69) is 11.9 Å². The number of nitrogens with one attached hydrogen (secondary N) is 1. The van der Waals surface area contributed by atoms with E-state index in [4.69, 9.17) is 4.74 Å². The number of benzene rings is 1. The summed E-state index contributed by atoms with van der Waals surface area (Å²) in [6.07, 6.45) is 1.73. The van der Waals surface area contributed by atoms with Gasteiger partial charge < -0.3 is 20.3 Å². The number of amides is 1. The molecule has 22 heavy (non-hydrogen) atoms. The van der Waals surface area contributed by atoms with Crippen LogP contribution in [0.15, 0.2) is 12.7 Å². The molecule has 0 aliphatic carbocycles. The van der Waals surface area contributed by atoms with E-state index in [1.54, 1.807) is 6.92 Å². The Kier molecular flexibility index (Phi) is 5.73. The third-order valence-corrected chi connectivity index (χ3v) is 2.90. The maximum atomic E-state index is 11.6. The van der Waals surface area contributed by atoms with Crippen LogP contribution in [0.3, 0.4) is 0 Å². The second-order valence-corrected chi connectivity index (χ2v) is 4.38. The van der Waals surface area contributed by atoms with Gasteiger partial charge in [-0.05, 0) is 18.9 Å². The van der Waals surface area contributed by atoms with Crippen molar-refractivity contribution in [1.29, 1.82) is 0 Å². The van der Waals surface area contributed by atoms with Gasteiger partial charge in [-0.1, -0.05) is 20.4 Å². The van der Waals surface area contributed by atoms with Crippen LogP contribution in [0.25, 0.3) is 0 Å². The van der Waals surface area contributed by atoms with E-state index in [9.17, 15) is 25.1 Å². The number of nitro benzene ring substituents is 1. The quantitative estimate of drug-likeness (QED) is 0.234. The number of carbonyl (C=O) groups is 1. The zero-order valence-corrected chi connectivity index (χ0v) is 12.4. The van der Waals surface area contributed by atoms with E-state index in [0.29, 0.717) is 6.42 Å². The Balaban J connectivity index is 3.66. The molecule has 0 saturated carbocycles. The number of hydrogen-bond acceptors (Lipinski definition) is 6. The molecule has 8 heteroatoms. The molecule has 1 rings (SSSR count). The minimum absolute atomic E-state index is 0.0390. The minimum atomic E-state index is -0.885. The van der Waals surface area contributed by atoms with Crippen LogP contribution in [0, 0.1) is 10.1 Å². The summed E-state index contributed by atoms with van der Waals surface area (Å²) in [7, 11) is 0. The van der Waals surface area contributed by atoms with Gasteiger partial charge in [0.2, 0.25) is 17.4 Å². The summed E-state index contributed by atoms with van der Waals surface area (Å²) in [5.74, 6) is -2.48. The van der Waals surface area contributed by atoms with E-state index in [1.165, 1.54) is 0 Å². The lowest BCUT2D eigenvalue weighted by Gasteiger charge is -2.17. The molecule has 1 amide bonds. The van der Waals surface area contributed by atoms with E-state index >= 15 is 0 Å². The van der Waals surface area contributed by atoms with Gasteiger partial charge in [-0.15, -0.1) is 0 Å². The van der Waals surface area contributed by atoms with Crippen LogP contribution in [0.4, 0.5) is 11.4 Å². The van der Waals surface area contributed by atoms with Crippen molar-refractivity contribution in [1.82, 2.24) is 0 Å². The van der Waals surface area contributed by atoms with Crippen molar-refractivity contribution >= 4 is 17.3 Å². The van der Waals surface area contributed by atoms with Crippen molar-refractivity contribution in [2.75, 3.05) is 11.9 Å². The molecule has 3 N–H and O–H groups in total. The molecule has 0 atom stereocenters. The molecular formula is C14H18N2O6. The predicted molar refractivity (Wildman–Crippen MR) is 80.4 cm³/mol. The first-order chi connectivity index (χ1) is 10.4. The van der Waals surface area contributed by atoms with Gasteiger partial charge in [0.25, 0.3) is 0 Å². The van der Waals surface area contributed by atoms with Crippen molar-refractivity contribution in [3.05, 3.63) is 28.3 Å². The van der Waals surface area contributed by atoms with Crippen molar-refractivity contribution in [2.45, 2.75) is 26.7 Å². The van der Waals surface area contributed by atoms with E-state index in [1.807, 2.05) is 6.92 Å². The first kappa shape index (κ1) is 17.3.